The molecule has 1 aliphatic heterocycles. The van der Waals surface area contributed by atoms with E-state index >= 15 is 0 Å². The van der Waals surface area contributed by atoms with E-state index in [-0.39, 0.29) is 28.2 Å². The first kappa shape index (κ1) is 20.3. The number of aromatic nitrogens is 1. The van der Waals surface area contributed by atoms with E-state index in [1.165, 1.54) is 23.9 Å². The summed E-state index contributed by atoms with van der Waals surface area (Å²) in [5.74, 6) is -0.488. The number of aryl methyl sites for hydroxylation is 1. The molecule has 148 valence electrons. The second kappa shape index (κ2) is 8.32. The SMILES string of the molecule is CC[C@@H]1Sc2ccc(S(=O)(=O)CCC(=O)Nc3cc(C)ccn3)cc2NC1=O. The fourth-order valence-electron chi connectivity index (χ4n) is 2.75. The van der Waals surface area contributed by atoms with Crippen LogP contribution in [-0.2, 0) is 19.4 Å². The standard InChI is InChI=1S/C19H21N3O4S2/c1-3-15-19(24)21-14-11-13(4-5-16(14)27-15)28(25,26)9-7-18(23)22-17-10-12(2)6-8-20-17/h4-6,8,10-11,15H,3,7,9H2,1-2H3,(H,21,24)(H,20,22,23)/t15-/m0/s1. The lowest BCUT2D eigenvalue weighted by Gasteiger charge is -2.23. The summed E-state index contributed by atoms with van der Waals surface area (Å²) in [4.78, 5) is 29.0. The van der Waals surface area contributed by atoms with Crippen molar-refractivity contribution in [2.45, 2.75) is 41.7 Å². The number of rotatable bonds is 6. The maximum Gasteiger partial charge on any atom is 0.237 e. The number of benzene rings is 1. The first-order valence-electron chi connectivity index (χ1n) is 8.85. The van der Waals surface area contributed by atoms with Crippen molar-refractivity contribution in [2.24, 2.45) is 0 Å². The zero-order valence-corrected chi connectivity index (χ0v) is 17.2. The normalized spacial score (nSPS) is 16.2. The van der Waals surface area contributed by atoms with E-state index in [1.54, 1.807) is 24.4 Å². The fourth-order valence-corrected chi connectivity index (χ4v) is 5.03. The Hall–Kier alpha value is -2.39. The van der Waals surface area contributed by atoms with Gasteiger partial charge in [-0.25, -0.2) is 13.4 Å². The average molecular weight is 420 g/mol. The van der Waals surface area contributed by atoms with Gasteiger partial charge in [-0.2, -0.15) is 0 Å². The Labute approximate surface area is 168 Å². The molecule has 0 fully saturated rings. The third-order valence-corrected chi connectivity index (χ3v) is 7.44. The number of hydrogen-bond acceptors (Lipinski definition) is 6. The lowest BCUT2D eigenvalue weighted by molar-refractivity contribution is -0.116. The van der Waals surface area contributed by atoms with E-state index < -0.39 is 15.7 Å². The summed E-state index contributed by atoms with van der Waals surface area (Å²) in [6.45, 7) is 3.80. The number of nitrogens with zero attached hydrogens (tertiary/aromatic N) is 1. The van der Waals surface area contributed by atoms with E-state index in [4.69, 9.17) is 0 Å². The molecule has 2 amide bonds. The molecule has 0 radical (unpaired) electrons. The van der Waals surface area contributed by atoms with E-state index in [2.05, 4.69) is 15.6 Å². The molecular formula is C19H21N3O4S2. The van der Waals surface area contributed by atoms with Crippen molar-refractivity contribution in [3.63, 3.8) is 0 Å². The summed E-state index contributed by atoms with van der Waals surface area (Å²) >= 11 is 1.43. The average Bonchev–Trinajstić information content (AvgIpc) is 2.65. The van der Waals surface area contributed by atoms with Crippen molar-refractivity contribution < 1.29 is 18.0 Å². The van der Waals surface area contributed by atoms with Crippen molar-refractivity contribution in [3.05, 3.63) is 42.1 Å². The zero-order chi connectivity index (χ0) is 20.3. The molecule has 0 saturated heterocycles. The largest absolute Gasteiger partial charge is 0.324 e. The first-order chi connectivity index (χ1) is 13.3. The van der Waals surface area contributed by atoms with Gasteiger partial charge in [0, 0.05) is 17.5 Å². The van der Waals surface area contributed by atoms with E-state index in [0.717, 1.165) is 10.5 Å². The fraction of sp³-hybridized carbons (Fsp3) is 0.316. The summed E-state index contributed by atoms with van der Waals surface area (Å²) in [5, 5.41) is 5.19. The Balaban J connectivity index is 1.67. The summed E-state index contributed by atoms with van der Waals surface area (Å²) in [5.41, 5.74) is 1.44. The number of thioether (sulfide) groups is 1. The number of amides is 2. The quantitative estimate of drug-likeness (QED) is 0.746. The molecule has 28 heavy (non-hydrogen) atoms. The molecule has 0 aliphatic carbocycles. The van der Waals surface area contributed by atoms with Gasteiger partial charge in [0.05, 0.1) is 21.6 Å². The van der Waals surface area contributed by atoms with Gasteiger partial charge in [0.15, 0.2) is 9.84 Å². The van der Waals surface area contributed by atoms with E-state index in [0.29, 0.717) is 17.9 Å². The van der Waals surface area contributed by atoms with Crippen molar-refractivity contribution in [2.75, 3.05) is 16.4 Å². The second-order valence-electron chi connectivity index (χ2n) is 6.50. The monoisotopic (exact) mass is 419 g/mol. The molecule has 1 atom stereocenters. The summed E-state index contributed by atoms with van der Waals surface area (Å²) in [6, 6.07) is 8.19. The van der Waals surface area contributed by atoms with Crippen LogP contribution in [0, 0.1) is 6.92 Å². The van der Waals surface area contributed by atoms with Gasteiger partial charge in [-0.3, -0.25) is 9.59 Å². The van der Waals surface area contributed by atoms with E-state index in [9.17, 15) is 18.0 Å². The number of carbonyl (C=O) groups excluding carboxylic acids is 2. The lowest BCUT2D eigenvalue weighted by atomic mass is 10.2. The molecule has 2 heterocycles. The van der Waals surface area contributed by atoms with Crippen LogP contribution in [-0.4, -0.2) is 36.2 Å². The van der Waals surface area contributed by atoms with Crippen LogP contribution in [0.1, 0.15) is 25.3 Å². The second-order valence-corrected chi connectivity index (χ2v) is 9.85. The predicted molar refractivity (Wildman–Crippen MR) is 109 cm³/mol. The third kappa shape index (κ3) is 4.71. The lowest BCUT2D eigenvalue weighted by Crippen LogP contribution is -2.28. The molecule has 3 rings (SSSR count). The maximum absolute atomic E-state index is 12.6. The Kier molecular flexibility index (Phi) is 6.04. The van der Waals surface area contributed by atoms with Gasteiger partial charge in [-0.1, -0.05) is 6.92 Å². The molecule has 7 nitrogen and oxygen atoms in total. The van der Waals surface area contributed by atoms with Gasteiger partial charge in [-0.05, 0) is 49.2 Å². The van der Waals surface area contributed by atoms with Gasteiger partial charge in [0.2, 0.25) is 11.8 Å². The molecule has 1 aliphatic rings. The highest BCUT2D eigenvalue weighted by molar-refractivity contribution is 8.01. The Morgan fingerprint density at radius 3 is 2.79 bits per heavy atom. The Bertz CT molecular complexity index is 1020. The number of hydrogen-bond donors (Lipinski definition) is 2. The maximum atomic E-state index is 12.6. The van der Waals surface area contributed by atoms with E-state index in [1.807, 2.05) is 13.8 Å². The van der Waals surface area contributed by atoms with Crippen LogP contribution < -0.4 is 10.6 Å². The molecule has 2 N–H and O–H groups in total. The number of sulfone groups is 1. The first-order valence-corrected chi connectivity index (χ1v) is 11.4. The van der Waals surface area contributed by atoms with Gasteiger partial charge in [0.1, 0.15) is 5.82 Å². The minimum absolute atomic E-state index is 0.0866. The topological polar surface area (TPSA) is 105 Å². The van der Waals surface area contributed by atoms with Crippen LogP contribution in [0.25, 0.3) is 0 Å². The van der Waals surface area contributed by atoms with Gasteiger partial charge >= 0.3 is 0 Å². The molecule has 0 unspecified atom stereocenters. The number of fused-ring (bicyclic) bond motifs is 1. The van der Waals surface area contributed by atoms with Crippen LogP contribution in [0.2, 0.25) is 0 Å². The molecular weight excluding hydrogens is 398 g/mol. The van der Waals surface area contributed by atoms with Gasteiger partial charge in [-0.15, -0.1) is 11.8 Å². The highest BCUT2D eigenvalue weighted by Crippen LogP contribution is 2.38. The number of carbonyl (C=O) groups is 2. The molecule has 0 bridgehead atoms. The van der Waals surface area contributed by atoms with Crippen LogP contribution in [0.4, 0.5) is 11.5 Å². The minimum atomic E-state index is -3.67. The number of nitrogens with one attached hydrogen (secondary N) is 2. The highest BCUT2D eigenvalue weighted by Gasteiger charge is 2.27. The van der Waals surface area contributed by atoms with Crippen molar-refractivity contribution in [1.82, 2.24) is 4.98 Å². The van der Waals surface area contributed by atoms with Gasteiger partial charge in [0.25, 0.3) is 0 Å². The van der Waals surface area contributed by atoms with Crippen LogP contribution in [0.3, 0.4) is 0 Å². The van der Waals surface area contributed by atoms with Crippen molar-refractivity contribution in [3.8, 4) is 0 Å². The number of pyridine rings is 1. The summed E-state index contributed by atoms with van der Waals surface area (Å²) in [7, 11) is -3.67. The summed E-state index contributed by atoms with van der Waals surface area (Å²) < 4.78 is 25.2. The van der Waals surface area contributed by atoms with Crippen LogP contribution in [0.15, 0.2) is 46.3 Å². The van der Waals surface area contributed by atoms with Gasteiger partial charge < -0.3 is 10.6 Å². The molecule has 0 spiro atoms. The number of anilines is 2. The Morgan fingerprint density at radius 2 is 2.07 bits per heavy atom. The van der Waals surface area contributed by atoms with Crippen molar-refractivity contribution >= 4 is 44.9 Å². The minimum Gasteiger partial charge on any atom is -0.324 e. The van der Waals surface area contributed by atoms with Crippen LogP contribution >= 0.6 is 11.8 Å². The zero-order valence-electron chi connectivity index (χ0n) is 15.6. The molecule has 9 heteroatoms. The van der Waals surface area contributed by atoms with Crippen molar-refractivity contribution in [1.29, 1.82) is 0 Å². The molecule has 0 saturated carbocycles. The molecule has 1 aromatic carbocycles. The molecule has 1 aromatic heterocycles. The smallest absolute Gasteiger partial charge is 0.237 e. The Morgan fingerprint density at radius 1 is 1.29 bits per heavy atom. The predicted octanol–water partition coefficient (Wildman–Crippen LogP) is 3.02. The highest BCUT2D eigenvalue weighted by atomic mass is 32.2. The summed E-state index contributed by atoms with van der Waals surface area (Å²) in [6.07, 6.45) is 2.08. The third-order valence-electron chi connectivity index (χ3n) is 4.28. The van der Waals surface area contributed by atoms with Crippen LogP contribution in [0.5, 0.6) is 0 Å². The molecule has 2 aromatic rings.